The number of hydrogen-bond acceptors (Lipinski definition) is 5. The van der Waals surface area contributed by atoms with Crippen molar-refractivity contribution < 1.29 is 14.5 Å². The third-order valence-corrected chi connectivity index (χ3v) is 4.78. The minimum atomic E-state index is -0.881. The van der Waals surface area contributed by atoms with Gasteiger partial charge in [-0.2, -0.15) is 5.10 Å². The number of hydrazone groups is 1. The maximum absolute atomic E-state index is 12.5. The molecule has 10 heteroatoms. The number of nitro benzene ring substituents is 1. The Morgan fingerprint density at radius 2 is 1.87 bits per heavy atom. The monoisotopic (exact) mass is 450 g/mol. The van der Waals surface area contributed by atoms with Crippen molar-refractivity contribution in [3.8, 4) is 0 Å². The summed E-state index contributed by atoms with van der Waals surface area (Å²) < 4.78 is 0. The molecule has 1 unspecified atom stereocenters. The van der Waals surface area contributed by atoms with Crippen LogP contribution in [0, 0.1) is 23.0 Å². The second-order valence-corrected chi connectivity index (χ2v) is 7.70. The molecular formula is C20H20Cl2N4O4. The van der Waals surface area contributed by atoms with E-state index < -0.39 is 22.8 Å². The van der Waals surface area contributed by atoms with Crippen LogP contribution in [0.2, 0.25) is 10.0 Å². The van der Waals surface area contributed by atoms with Crippen molar-refractivity contribution in [1.29, 1.82) is 0 Å². The number of aryl methyl sites for hydroxylation is 1. The largest absolute Gasteiger partial charge is 0.340 e. The number of benzene rings is 2. The van der Waals surface area contributed by atoms with Gasteiger partial charge in [-0.1, -0.05) is 49.2 Å². The van der Waals surface area contributed by atoms with Crippen molar-refractivity contribution in [3.05, 3.63) is 73.2 Å². The summed E-state index contributed by atoms with van der Waals surface area (Å²) in [4.78, 5) is 35.5. The Balaban J connectivity index is 2.09. The second-order valence-electron chi connectivity index (χ2n) is 6.86. The van der Waals surface area contributed by atoms with Crippen LogP contribution >= 0.6 is 23.2 Å². The van der Waals surface area contributed by atoms with Gasteiger partial charge in [0.1, 0.15) is 6.04 Å². The highest BCUT2D eigenvalue weighted by molar-refractivity contribution is 6.36. The number of nitrogens with zero attached hydrogens (tertiary/aromatic N) is 2. The number of rotatable bonds is 7. The zero-order valence-electron chi connectivity index (χ0n) is 16.5. The van der Waals surface area contributed by atoms with Crippen molar-refractivity contribution in [3.63, 3.8) is 0 Å². The summed E-state index contributed by atoms with van der Waals surface area (Å²) in [7, 11) is 0. The molecule has 2 amide bonds. The summed E-state index contributed by atoms with van der Waals surface area (Å²) in [5, 5.41) is 18.0. The Hall–Kier alpha value is -2.97. The molecule has 1 atom stereocenters. The number of carbonyl (C=O) groups excluding carboxylic acids is 2. The molecule has 0 radical (unpaired) electrons. The third kappa shape index (κ3) is 6.01. The van der Waals surface area contributed by atoms with Crippen LogP contribution in [-0.2, 0) is 4.79 Å². The van der Waals surface area contributed by atoms with E-state index in [-0.39, 0.29) is 22.2 Å². The van der Waals surface area contributed by atoms with Crippen molar-refractivity contribution in [1.82, 2.24) is 10.7 Å². The molecule has 0 fully saturated rings. The van der Waals surface area contributed by atoms with Gasteiger partial charge in [0.2, 0.25) is 0 Å². The van der Waals surface area contributed by atoms with Crippen LogP contribution < -0.4 is 10.7 Å². The second kappa shape index (κ2) is 10.2. The summed E-state index contributed by atoms with van der Waals surface area (Å²) in [5.41, 5.74) is 3.46. The van der Waals surface area contributed by atoms with Crippen molar-refractivity contribution in [2.24, 2.45) is 11.0 Å². The zero-order chi connectivity index (χ0) is 22.4. The summed E-state index contributed by atoms with van der Waals surface area (Å²) in [6, 6.07) is 8.14. The predicted molar refractivity (Wildman–Crippen MR) is 116 cm³/mol. The summed E-state index contributed by atoms with van der Waals surface area (Å²) >= 11 is 11.9. The van der Waals surface area contributed by atoms with Gasteiger partial charge in [0.25, 0.3) is 17.5 Å². The molecule has 0 heterocycles. The number of carbonyl (C=O) groups is 2. The lowest BCUT2D eigenvalue weighted by atomic mass is 10.0. The fourth-order valence-electron chi connectivity index (χ4n) is 2.57. The molecule has 0 saturated heterocycles. The molecule has 0 spiro atoms. The van der Waals surface area contributed by atoms with Crippen molar-refractivity contribution in [2.45, 2.75) is 26.8 Å². The minimum absolute atomic E-state index is 0.0440. The van der Waals surface area contributed by atoms with Crippen LogP contribution in [0.3, 0.4) is 0 Å². The Morgan fingerprint density at radius 1 is 1.17 bits per heavy atom. The molecule has 0 saturated carbocycles. The van der Waals surface area contributed by atoms with Crippen LogP contribution in [0.4, 0.5) is 5.69 Å². The average molecular weight is 451 g/mol. The lowest BCUT2D eigenvalue weighted by molar-refractivity contribution is -0.385. The van der Waals surface area contributed by atoms with E-state index in [2.05, 4.69) is 15.8 Å². The predicted octanol–water partition coefficient (Wildman–Crippen LogP) is 4.11. The number of hydrogen-bond donors (Lipinski definition) is 2. The molecule has 0 aliphatic rings. The van der Waals surface area contributed by atoms with Gasteiger partial charge >= 0.3 is 0 Å². The van der Waals surface area contributed by atoms with E-state index in [0.29, 0.717) is 16.1 Å². The molecule has 2 rings (SSSR count). The van der Waals surface area contributed by atoms with Crippen molar-refractivity contribution in [2.75, 3.05) is 0 Å². The molecule has 2 N–H and O–H groups in total. The van der Waals surface area contributed by atoms with Gasteiger partial charge in [0, 0.05) is 22.2 Å². The first kappa shape index (κ1) is 23.3. The molecule has 0 bridgehead atoms. The van der Waals surface area contributed by atoms with Crippen LogP contribution in [0.5, 0.6) is 0 Å². The number of nitrogens with one attached hydrogen (secondary N) is 2. The van der Waals surface area contributed by atoms with Gasteiger partial charge in [-0.15, -0.1) is 0 Å². The third-order valence-electron chi connectivity index (χ3n) is 4.23. The molecule has 30 heavy (non-hydrogen) atoms. The SMILES string of the molecule is Cc1ccc(C=NNC(=O)C(NC(=O)c2ccc(Cl)cc2Cl)C(C)C)cc1[N+](=O)[O-]. The first-order valence-electron chi connectivity index (χ1n) is 8.94. The number of amides is 2. The highest BCUT2D eigenvalue weighted by Crippen LogP contribution is 2.21. The first-order chi connectivity index (χ1) is 14.1. The number of nitro groups is 1. The molecular weight excluding hydrogens is 431 g/mol. The fourth-order valence-corrected chi connectivity index (χ4v) is 3.07. The molecule has 2 aromatic carbocycles. The lowest BCUT2D eigenvalue weighted by Crippen LogP contribution is -2.48. The Kier molecular flexibility index (Phi) is 7.91. The van der Waals surface area contributed by atoms with Gasteiger partial charge in [-0.3, -0.25) is 19.7 Å². The normalized spacial score (nSPS) is 12.1. The Labute approximate surface area is 183 Å². The van der Waals surface area contributed by atoms with E-state index in [1.54, 1.807) is 32.9 Å². The molecule has 158 valence electrons. The molecule has 0 aliphatic carbocycles. The van der Waals surface area contributed by atoms with Crippen LogP contribution in [0.25, 0.3) is 0 Å². The van der Waals surface area contributed by atoms with Crippen LogP contribution in [0.1, 0.15) is 35.3 Å². The maximum Gasteiger partial charge on any atom is 0.272 e. The highest BCUT2D eigenvalue weighted by atomic mass is 35.5. The van der Waals surface area contributed by atoms with E-state index in [1.807, 2.05) is 0 Å². The molecule has 0 aliphatic heterocycles. The minimum Gasteiger partial charge on any atom is -0.340 e. The van der Waals surface area contributed by atoms with E-state index in [4.69, 9.17) is 23.2 Å². The average Bonchev–Trinajstić information content (AvgIpc) is 2.66. The van der Waals surface area contributed by atoms with Gasteiger partial charge < -0.3 is 5.32 Å². The van der Waals surface area contributed by atoms with E-state index in [9.17, 15) is 19.7 Å². The summed E-state index contributed by atoms with van der Waals surface area (Å²) in [6.45, 7) is 5.16. The smallest absolute Gasteiger partial charge is 0.272 e. The molecule has 8 nitrogen and oxygen atoms in total. The molecule has 0 aromatic heterocycles. The van der Waals surface area contributed by atoms with Gasteiger partial charge in [0.05, 0.1) is 21.7 Å². The Morgan fingerprint density at radius 3 is 2.47 bits per heavy atom. The van der Waals surface area contributed by atoms with Gasteiger partial charge in [-0.05, 0) is 31.0 Å². The Bertz CT molecular complexity index is 1010. The molecule has 2 aromatic rings. The van der Waals surface area contributed by atoms with Crippen molar-refractivity contribution >= 4 is 46.9 Å². The fraction of sp³-hybridized carbons (Fsp3) is 0.250. The quantitative estimate of drug-likeness (QED) is 0.375. The van der Waals surface area contributed by atoms with E-state index in [0.717, 1.165) is 0 Å². The first-order valence-corrected chi connectivity index (χ1v) is 9.69. The number of halogens is 2. The lowest BCUT2D eigenvalue weighted by Gasteiger charge is -2.20. The van der Waals surface area contributed by atoms with Gasteiger partial charge in [0.15, 0.2) is 0 Å². The summed E-state index contributed by atoms with van der Waals surface area (Å²) in [5.74, 6) is -1.30. The van der Waals surface area contributed by atoms with Gasteiger partial charge in [-0.25, -0.2) is 5.43 Å². The maximum atomic E-state index is 12.5. The van der Waals surface area contributed by atoms with E-state index in [1.165, 1.54) is 30.5 Å². The van der Waals surface area contributed by atoms with E-state index >= 15 is 0 Å². The van der Waals surface area contributed by atoms with Crippen LogP contribution in [0.15, 0.2) is 41.5 Å². The summed E-state index contributed by atoms with van der Waals surface area (Å²) in [6.07, 6.45) is 1.29. The zero-order valence-corrected chi connectivity index (χ0v) is 18.0. The standard InChI is InChI=1S/C20H20Cl2N4O4/c1-11(2)18(24-19(27)15-7-6-14(21)9-16(15)22)20(28)25-23-10-13-5-4-12(3)17(8-13)26(29)30/h4-11,18H,1-3H3,(H,24,27)(H,25,28). The van der Waals surface area contributed by atoms with Crippen LogP contribution in [-0.4, -0.2) is 29.0 Å². The topological polar surface area (TPSA) is 114 Å². The highest BCUT2D eigenvalue weighted by Gasteiger charge is 2.25.